The highest BCUT2D eigenvalue weighted by Crippen LogP contribution is 2.42. The maximum atomic E-state index is 12.8. The van der Waals surface area contributed by atoms with Crippen LogP contribution < -0.4 is 10.9 Å². The highest BCUT2D eigenvalue weighted by Gasteiger charge is 2.29. The van der Waals surface area contributed by atoms with Crippen LogP contribution in [0, 0.1) is 0 Å². The molecule has 1 amide bonds. The van der Waals surface area contributed by atoms with Gasteiger partial charge in [-0.3, -0.25) is 14.2 Å². The quantitative estimate of drug-likeness (QED) is 0.604. The molecule has 1 aliphatic carbocycles. The van der Waals surface area contributed by atoms with Crippen molar-refractivity contribution < 1.29 is 4.79 Å². The predicted molar refractivity (Wildman–Crippen MR) is 108 cm³/mol. The van der Waals surface area contributed by atoms with Gasteiger partial charge < -0.3 is 5.32 Å². The minimum atomic E-state index is -0.226. The minimum Gasteiger partial charge on any atom is -0.344 e. The Labute approximate surface area is 161 Å². The molecule has 0 fully saturated rings. The van der Waals surface area contributed by atoms with Crippen molar-refractivity contribution in [2.75, 3.05) is 0 Å². The van der Waals surface area contributed by atoms with Gasteiger partial charge in [0.05, 0.1) is 23.3 Å². The number of rotatable bonds is 3. The van der Waals surface area contributed by atoms with Crippen molar-refractivity contribution in [2.45, 2.75) is 12.6 Å². The lowest BCUT2D eigenvalue weighted by Gasteiger charge is -2.16. The monoisotopic (exact) mass is 367 g/mol. The van der Waals surface area contributed by atoms with E-state index in [2.05, 4.69) is 22.4 Å². The summed E-state index contributed by atoms with van der Waals surface area (Å²) in [5.41, 5.74) is 4.82. The molecule has 5 heteroatoms. The molecule has 0 saturated heterocycles. The van der Waals surface area contributed by atoms with Crippen molar-refractivity contribution >= 4 is 16.8 Å². The maximum absolute atomic E-state index is 12.8. The van der Waals surface area contributed by atoms with E-state index in [0.717, 1.165) is 22.3 Å². The van der Waals surface area contributed by atoms with Crippen LogP contribution in [0.15, 0.2) is 83.9 Å². The first-order valence-electron chi connectivity index (χ1n) is 9.14. The van der Waals surface area contributed by atoms with Gasteiger partial charge in [0.25, 0.3) is 5.56 Å². The molecule has 1 aromatic heterocycles. The highest BCUT2D eigenvalue weighted by atomic mass is 16.2. The lowest BCUT2D eigenvalue weighted by molar-refractivity contribution is -0.122. The fraction of sp³-hybridized carbons (Fsp3) is 0.0870. The summed E-state index contributed by atoms with van der Waals surface area (Å²) in [4.78, 5) is 29.7. The molecule has 1 heterocycles. The number of para-hydroxylation sites is 1. The lowest BCUT2D eigenvalue weighted by Crippen LogP contribution is -2.34. The van der Waals surface area contributed by atoms with Crippen LogP contribution in [-0.4, -0.2) is 15.5 Å². The Morgan fingerprint density at radius 2 is 1.50 bits per heavy atom. The summed E-state index contributed by atoms with van der Waals surface area (Å²) in [5, 5.41) is 3.60. The average molecular weight is 367 g/mol. The predicted octanol–water partition coefficient (Wildman–Crippen LogP) is 3.28. The van der Waals surface area contributed by atoms with Gasteiger partial charge in [-0.2, -0.15) is 0 Å². The Morgan fingerprint density at radius 3 is 2.21 bits per heavy atom. The van der Waals surface area contributed by atoms with Crippen molar-refractivity contribution in [1.82, 2.24) is 14.9 Å². The summed E-state index contributed by atoms with van der Waals surface area (Å²) in [7, 11) is 0. The molecule has 0 spiro atoms. The Kier molecular flexibility index (Phi) is 3.79. The van der Waals surface area contributed by atoms with Gasteiger partial charge >= 0.3 is 0 Å². The number of fused-ring (bicyclic) bond motifs is 4. The van der Waals surface area contributed by atoms with Crippen molar-refractivity contribution in [2.24, 2.45) is 0 Å². The zero-order valence-corrected chi connectivity index (χ0v) is 15.0. The van der Waals surface area contributed by atoms with E-state index in [0.29, 0.717) is 10.9 Å². The van der Waals surface area contributed by atoms with Crippen LogP contribution >= 0.6 is 0 Å². The van der Waals surface area contributed by atoms with E-state index in [1.807, 2.05) is 42.5 Å². The number of nitrogens with one attached hydrogen (secondary N) is 1. The van der Waals surface area contributed by atoms with Gasteiger partial charge in [-0.25, -0.2) is 4.98 Å². The Morgan fingerprint density at radius 1 is 0.893 bits per heavy atom. The first-order valence-corrected chi connectivity index (χ1v) is 9.14. The number of hydrogen-bond acceptors (Lipinski definition) is 3. The third-order valence-corrected chi connectivity index (χ3v) is 5.18. The largest absolute Gasteiger partial charge is 0.344 e. The number of aromatic nitrogens is 2. The molecule has 0 unspecified atom stereocenters. The van der Waals surface area contributed by atoms with Crippen LogP contribution in [0.2, 0.25) is 0 Å². The highest BCUT2D eigenvalue weighted by molar-refractivity contribution is 5.83. The first-order chi connectivity index (χ1) is 13.7. The molecule has 3 aromatic carbocycles. The van der Waals surface area contributed by atoms with Crippen LogP contribution in [0.4, 0.5) is 0 Å². The number of benzene rings is 3. The summed E-state index contributed by atoms with van der Waals surface area (Å²) < 4.78 is 1.35. The van der Waals surface area contributed by atoms with E-state index in [-0.39, 0.29) is 24.1 Å². The number of carbonyl (C=O) groups excluding carboxylic acids is 1. The molecule has 136 valence electrons. The van der Waals surface area contributed by atoms with Gasteiger partial charge in [0.2, 0.25) is 5.91 Å². The van der Waals surface area contributed by atoms with E-state index in [1.54, 1.807) is 18.2 Å². The summed E-state index contributed by atoms with van der Waals surface area (Å²) >= 11 is 0. The second kappa shape index (κ2) is 6.46. The summed E-state index contributed by atoms with van der Waals surface area (Å²) in [6, 6.07) is 23.1. The van der Waals surface area contributed by atoms with Crippen LogP contribution in [0.5, 0.6) is 0 Å². The molecular weight excluding hydrogens is 350 g/mol. The first kappa shape index (κ1) is 16.4. The van der Waals surface area contributed by atoms with E-state index in [9.17, 15) is 9.59 Å². The van der Waals surface area contributed by atoms with Crippen molar-refractivity contribution in [3.8, 4) is 11.1 Å². The average Bonchev–Trinajstić information content (AvgIpc) is 3.04. The Balaban J connectivity index is 1.45. The maximum Gasteiger partial charge on any atom is 0.261 e. The third-order valence-electron chi connectivity index (χ3n) is 5.18. The fourth-order valence-corrected chi connectivity index (χ4v) is 3.89. The van der Waals surface area contributed by atoms with Gasteiger partial charge in [0, 0.05) is 0 Å². The molecule has 0 saturated carbocycles. The van der Waals surface area contributed by atoms with E-state index in [1.165, 1.54) is 10.9 Å². The van der Waals surface area contributed by atoms with Crippen LogP contribution in [0.1, 0.15) is 17.2 Å². The minimum absolute atomic E-state index is 0.0719. The summed E-state index contributed by atoms with van der Waals surface area (Å²) in [6.07, 6.45) is 1.43. The molecule has 0 aliphatic heterocycles. The molecule has 0 bridgehead atoms. The molecule has 0 radical (unpaired) electrons. The Bertz CT molecular complexity index is 1230. The second-order valence-electron chi connectivity index (χ2n) is 6.87. The smallest absolute Gasteiger partial charge is 0.261 e. The van der Waals surface area contributed by atoms with E-state index in [4.69, 9.17) is 0 Å². The molecule has 28 heavy (non-hydrogen) atoms. The number of carbonyl (C=O) groups is 1. The normalized spacial score (nSPS) is 12.6. The Hall–Kier alpha value is -3.73. The zero-order chi connectivity index (χ0) is 19.1. The van der Waals surface area contributed by atoms with Crippen molar-refractivity contribution in [1.29, 1.82) is 0 Å². The van der Waals surface area contributed by atoms with Gasteiger partial charge in [-0.05, 0) is 34.4 Å². The van der Waals surface area contributed by atoms with Crippen LogP contribution in [0.25, 0.3) is 22.0 Å². The molecule has 1 aliphatic rings. The van der Waals surface area contributed by atoms with Crippen LogP contribution in [0.3, 0.4) is 0 Å². The van der Waals surface area contributed by atoms with E-state index >= 15 is 0 Å². The number of hydrogen-bond donors (Lipinski definition) is 1. The number of amides is 1. The van der Waals surface area contributed by atoms with E-state index < -0.39 is 0 Å². The van der Waals surface area contributed by atoms with Gasteiger partial charge in [-0.15, -0.1) is 0 Å². The number of nitrogens with zero attached hydrogens (tertiary/aromatic N) is 2. The second-order valence-corrected chi connectivity index (χ2v) is 6.87. The van der Waals surface area contributed by atoms with Gasteiger partial charge in [0.1, 0.15) is 6.54 Å². The summed E-state index contributed by atoms with van der Waals surface area (Å²) in [6.45, 7) is -0.0719. The topological polar surface area (TPSA) is 64.0 Å². The molecule has 1 N–H and O–H groups in total. The molecular formula is C23H17N3O2. The SMILES string of the molecule is O=C(Cn1cnc2ccccc2c1=O)NC1c2ccccc2-c2ccccc21. The van der Waals surface area contributed by atoms with Gasteiger partial charge in [0.15, 0.2) is 0 Å². The van der Waals surface area contributed by atoms with Crippen LogP contribution in [-0.2, 0) is 11.3 Å². The molecule has 0 atom stereocenters. The van der Waals surface area contributed by atoms with Crippen molar-refractivity contribution in [3.63, 3.8) is 0 Å². The fourth-order valence-electron chi connectivity index (χ4n) is 3.89. The molecule has 4 aromatic rings. The zero-order valence-electron chi connectivity index (χ0n) is 15.0. The molecule has 5 nitrogen and oxygen atoms in total. The van der Waals surface area contributed by atoms with Gasteiger partial charge in [-0.1, -0.05) is 60.7 Å². The molecule has 5 rings (SSSR count). The lowest BCUT2D eigenvalue weighted by atomic mass is 10.1. The standard InChI is InChI=1S/C23H17N3O2/c27-21(13-26-14-24-20-12-6-5-11-19(20)23(26)28)25-22-17-9-3-1-7-15(17)16-8-2-4-10-18(16)22/h1-12,14,22H,13H2,(H,25,27). The summed E-state index contributed by atoms with van der Waals surface area (Å²) in [5.74, 6) is -0.226. The van der Waals surface area contributed by atoms with Crippen molar-refractivity contribution in [3.05, 3.63) is 101 Å². The third kappa shape index (κ3) is 2.60.